The molecule has 2 nitrogen and oxygen atoms in total. The van der Waals surface area contributed by atoms with Crippen LogP contribution < -0.4 is 10.1 Å². The van der Waals surface area contributed by atoms with E-state index < -0.39 is 6.61 Å². The molecule has 2 unspecified atom stereocenters. The lowest BCUT2D eigenvalue weighted by atomic mass is 9.92. The van der Waals surface area contributed by atoms with Crippen molar-refractivity contribution in [2.75, 3.05) is 6.54 Å². The van der Waals surface area contributed by atoms with E-state index in [2.05, 4.69) is 23.9 Å². The summed E-state index contributed by atoms with van der Waals surface area (Å²) in [6.07, 6.45) is 0.973. The Bertz CT molecular complexity index is 357. The molecule has 1 N–H and O–H groups in total. The molecule has 0 saturated carbocycles. The summed E-state index contributed by atoms with van der Waals surface area (Å²) in [5, 5.41) is 3.34. The van der Waals surface area contributed by atoms with E-state index in [9.17, 15) is 8.78 Å². The molecule has 0 fully saturated rings. The van der Waals surface area contributed by atoms with E-state index in [1.807, 2.05) is 19.1 Å². The van der Waals surface area contributed by atoms with Gasteiger partial charge in [-0.2, -0.15) is 8.78 Å². The normalized spacial score (nSPS) is 14.6. The summed E-state index contributed by atoms with van der Waals surface area (Å²) in [6, 6.07) is 7.03. The number of nitrogens with one attached hydrogen (secondary N) is 1. The number of hydrogen-bond acceptors (Lipinski definition) is 2. The lowest BCUT2D eigenvalue weighted by Gasteiger charge is -2.26. The zero-order chi connectivity index (χ0) is 13.5. The Kier molecular flexibility index (Phi) is 6.05. The molecule has 0 aromatic heterocycles. The van der Waals surface area contributed by atoms with Crippen molar-refractivity contribution in [3.8, 4) is 5.75 Å². The molecule has 0 saturated heterocycles. The van der Waals surface area contributed by atoms with Gasteiger partial charge >= 0.3 is 6.61 Å². The van der Waals surface area contributed by atoms with Gasteiger partial charge in [0, 0.05) is 11.6 Å². The van der Waals surface area contributed by atoms with Gasteiger partial charge in [-0.05, 0) is 18.5 Å². The van der Waals surface area contributed by atoms with Crippen molar-refractivity contribution in [3.05, 3.63) is 29.8 Å². The second kappa shape index (κ2) is 7.31. The van der Waals surface area contributed by atoms with Gasteiger partial charge < -0.3 is 10.1 Å². The highest BCUT2D eigenvalue weighted by Crippen LogP contribution is 2.32. The van der Waals surface area contributed by atoms with Gasteiger partial charge in [0.1, 0.15) is 5.75 Å². The van der Waals surface area contributed by atoms with Crippen LogP contribution in [-0.2, 0) is 0 Å². The number of ether oxygens (including phenoxy) is 1. The quantitative estimate of drug-likeness (QED) is 0.797. The predicted octanol–water partition coefficient (Wildman–Crippen LogP) is 3.98. The van der Waals surface area contributed by atoms with Crippen molar-refractivity contribution < 1.29 is 13.5 Å². The molecule has 102 valence electrons. The Morgan fingerprint density at radius 3 is 2.44 bits per heavy atom. The predicted molar refractivity (Wildman–Crippen MR) is 68.9 cm³/mol. The van der Waals surface area contributed by atoms with E-state index in [-0.39, 0.29) is 11.8 Å². The number of para-hydroxylation sites is 1. The minimum atomic E-state index is -2.79. The van der Waals surface area contributed by atoms with Crippen molar-refractivity contribution in [1.82, 2.24) is 5.32 Å². The fourth-order valence-electron chi connectivity index (χ4n) is 2.01. The van der Waals surface area contributed by atoms with Gasteiger partial charge in [-0.1, -0.05) is 45.4 Å². The van der Waals surface area contributed by atoms with Crippen LogP contribution in [0.2, 0.25) is 0 Å². The molecule has 1 aromatic rings. The molecule has 18 heavy (non-hydrogen) atoms. The third-order valence-electron chi connectivity index (χ3n) is 3.11. The second-order valence-electron chi connectivity index (χ2n) is 4.34. The van der Waals surface area contributed by atoms with Crippen LogP contribution in [0, 0.1) is 5.92 Å². The summed E-state index contributed by atoms with van der Waals surface area (Å²) in [6.45, 7) is 4.20. The zero-order valence-corrected chi connectivity index (χ0v) is 11.1. The molecule has 0 radical (unpaired) electrons. The van der Waals surface area contributed by atoms with Crippen LogP contribution >= 0.6 is 0 Å². The fourth-order valence-corrected chi connectivity index (χ4v) is 2.01. The molecule has 0 aliphatic carbocycles. The second-order valence-corrected chi connectivity index (χ2v) is 4.34. The van der Waals surface area contributed by atoms with Gasteiger partial charge in [0.15, 0.2) is 0 Å². The van der Waals surface area contributed by atoms with Crippen molar-refractivity contribution >= 4 is 0 Å². The molecule has 1 rings (SSSR count). The first-order chi connectivity index (χ1) is 8.60. The molecule has 0 aliphatic heterocycles. The maximum Gasteiger partial charge on any atom is 0.387 e. The number of halogens is 2. The Labute approximate surface area is 107 Å². The molecule has 0 aliphatic rings. The lowest BCUT2D eigenvalue weighted by molar-refractivity contribution is -0.0508. The van der Waals surface area contributed by atoms with Crippen LogP contribution in [0.1, 0.15) is 38.8 Å². The highest BCUT2D eigenvalue weighted by atomic mass is 19.3. The molecular weight excluding hydrogens is 236 g/mol. The van der Waals surface area contributed by atoms with Gasteiger partial charge in [0.05, 0.1) is 0 Å². The van der Waals surface area contributed by atoms with Crippen molar-refractivity contribution in [2.24, 2.45) is 5.92 Å². The van der Waals surface area contributed by atoms with E-state index in [0.29, 0.717) is 5.92 Å². The lowest BCUT2D eigenvalue weighted by Crippen LogP contribution is -2.27. The van der Waals surface area contributed by atoms with Crippen LogP contribution in [0.25, 0.3) is 0 Å². The van der Waals surface area contributed by atoms with Crippen LogP contribution in [0.15, 0.2) is 24.3 Å². The van der Waals surface area contributed by atoms with Crippen molar-refractivity contribution in [1.29, 1.82) is 0 Å². The van der Waals surface area contributed by atoms with Gasteiger partial charge in [0.2, 0.25) is 0 Å². The van der Waals surface area contributed by atoms with Gasteiger partial charge in [0.25, 0.3) is 0 Å². The minimum absolute atomic E-state index is 0.0370. The van der Waals surface area contributed by atoms with Crippen molar-refractivity contribution in [2.45, 2.75) is 39.8 Å². The molecule has 1 aromatic carbocycles. The Hall–Kier alpha value is -1.16. The number of rotatable bonds is 7. The monoisotopic (exact) mass is 257 g/mol. The third kappa shape index (κ3) is 3.95. The summed E-state index contributed by atoms with van der Waals surface area (Å²) in [7, 11) is 0. The average molecular weight is 257 g/mol. The summed E-state index contributed by atoms with van der Waals surface area (Å²) < 4.78 is 29.4. The SMILES string of the molecule is CCNC(c1ccccc1OC(F)F)C(C)CC. The maximum absolute atomic E-state index is 12.4. The van der Waals surface area contributed by atoms with Crippen LogP contribution in [-0.4, -0.2) is 13.2 Å². The first kappa shape index (κ1) is 14.9. The maximum atomic E-state index is 12.4. The van der Waals surface area contributed by atoms with Gasteiger partial charge in [-0.3, -0.25) is 0 Å². The van der Waals surface area contributed by atoms with Crippen LogP contribution in [0.4, 0.5) is 8.78 Å². The van der Waals surface area contributed by atoms with E-state index in [0.717, 1.165) is 18.5 Å². The fraction of sp³-hybridized carbons (Fsp3) is 0.571. The molecule has 0 amide bonds. The molecule has 2 atom stereocenters. The van der Waals surface area contributed by atoms with Gasteiger partial charge in [-0.25, -0.2) is 0 Å². The van der Waals surface area contributed by atoms with Crippen LogP contribution in [0.5, 0.6) is 5.75 Å². The Morgan fingerprint density at radius 2 is 1.89 bits per heavy atom. The summed E-state index contributed by atoms with van der Waals surface area (Å²) in [4.78, 5) is 0. The highest BCUT2D eigenvalue weighted by Gasteiger charge is 2.21. The number of alkyl halides is 2. The average Bonchev–Trinajstić information content (AvgIpc) is 2.35. The first-order valence-electron chi connectivity index (χ1n) is 6.37. The smallest absolute Gasteiger partial charge is 0.387 e. The van der Waals surface area contributed by atoms with Crippen molar-refractivity contribution in [3.63, 3.8) is 0 Å². The number of hydrogen-bond donors (Lipinski definition) is 1. The summed E-state index contributed by atoms with van der Waals surface area (Å²) >= 11 is 0. The first-order valence-corrected chi connectivity index (χ1v) is 6.37. The minimum Gasteiger partial charge on any atom is -0.434 e. The Morgan fingerprint density at radius 1 is 1.22 bits per heavy atom. The number of benzene rings is 1. The highest BCUT2D eigenvalue weighted by molar-refractivity contribution is 5.36. The van der Waals surface area contributed by atoms with E-state index in [1.54, 1.807) is 12.1 Å². The molecular formula is C14H21F2NO. The standard InChI is InChI=1S/C14H21F2NO/c1-4-10(3)13(17-5-2)11-8-6-7-9-12(11)18-14(15)16/h6-10,13-14,17H,4-5H2,1-3H3. The zero-order valence-electron chi connectivity index (χ0n) is 11.1. The molecule has 0 bridgehead atoms. The van der Waals surface area contributed by atoms with E-state index in [4.69, 9.17) is 0 Å². The largest absolute Gasteiger partial charge is 0.434 e. The van der Waals surface area contributed by atoms with E-state index >= 15 is 0 Å². The third-order valence-corrected chi connectivity index (χ3v) is 3.11. The van der Waals surface area contributed by atoms with Crippen LogP contribution in [0.3, 0.4) is 0 Å². The Balaban J connectivity index is 3.02. The molecule has 0 heterocycles. The topological polar surface area (TPSA) is 21.3 Å². The molecule has 0 spiro atoms. The van der Waals surface area contributed by atoms with E-state index in [1.165, 1.54) is 0 Å². The summed E-state index contributed by atoms with van der Waals surface area (Å²) in [5.41, 5.74) is 0.800. The summed E-state index contributed by atoms with van der Waals surface area (Å²) in [5.74, 6) is 0.617. The van der Waals surface area contributed by atoms with Gasteiger partial charge in [-0.15, -0.1) is 0 Å². The molecule has 4 heteroatoms.